The van der Waals surface area contributed by atoms with Crippen molar-refractivity contribution in [3.8, 4) is 5.75 Å². The van der Waals surface area contributed by atoms with Crippen LogP contribution in [0.4, 0.5) is 5.69 Å². The van der Waals surface area contributed by atoms with Gasteiger partial charge in [-0.15, -0.1) is 0 Å². The van der Waals surface area contributed by atoms with Crippen LogP contribution in [0.3, 0.4) is 0 Å². The Bertz CT molecular complexity index is 1140. The highest BCUT2D eigenvalue weighted by molar-refractivity contribution is 14.1. The SMILES string of the molecule is C=CCOc1ccc(C(=O)NN2C(=O)c3cc(I)ccc3NC2c2ccc(C)o2)cc1. The summed E-state index contributed by atoms with van der Waals surface area (Å²) in [5.41, 5.74) is 4.27. The summed E-state index contributed by atoms with van der Waals surface area (Å²) in [4.78, 5) is 26.2. The Morgan fingerprint density at radius 1 is 1.26 bits per heavy atom. The van der Waals surface area contributed by atoms with Crippen LogP contribution in [0.1, 0.15) is 38.4 Å². The Morgan fingerprint density at radius 2 is 2.03 bits per heavy atom. The molecule has 2 heterocycles. The number of carbonyl (C=O) groups is 2. The van der Waals surface area contributed by atoms with E-state index in [1.165, 1.54) is 5.01 Å². The Hall–Kier alpha value is -3.27. The van der Waals surface area contributed by atoms with E-state index in [9.17, 15) is 9.59 Å². The molecule has 2 N–H and O–H groups in total. The van der Waals surface area contributed by atoms with E-state index in [-0.39, 0.29) is 5.91 Å². The first-order chi connectivity index (χ1) is 15.0. The lowest BCUT2D eigenvalue weighted by Crippen LogP contribution is -2.52. The number of carbonyl (C=O) groups excluding carboxylic acids is 2. The number of nitrogens with zero attached hydrogens (tertiary/aromatic N) is 1. The van der Waals surface area contributed by atoms with Gasteiger partial charge in [0.25, 0.3) is 11.8 Å². The van der Waals surface area contributed by atoms with Gasteiger partial charge in [-0.05, 0) is 84.1 Å². The Kier molecular flexibility index (Phi) is 5.99. The summed E-state index contributed by atoms with van der Waals surface area (Å²) >= 11 is 2.15. The molecule has 3 aromatic rings. The van der Waals surface area contributed by atoms with Crippen molar-refractivity contribution in [1.29, 1.82) is 0 Å². The maximum absolute atomic E-state index is 13.3. The average Bonchev–Trinajstić information content (AvgIpc) is 3.20. The quantitative estimate of drug-likeness (QED) is 0.359. The number of amides is 2. The summed E-state index contributed by atoms with van der Waals surface area (Å²) in [6.45, 7) is 5.81. The molecule has 31 heavy (non-hydrogen) atoms. The minimum absolute atomic E-state index is 0.328. The van der Waals surface area contributed by atoms with Gasteiger partial charge >= 0.3 is 0 Å². The zero-order chi connectivity index (χ0) is 22.0. The molecule has 1 aliphatic heterocycles. The highest BCUT2D eigenvalue weighted by Gasteiger charge is 2.36. The highest BCUT2D eigenvalue weighted by atomic mass is 127. The molecule has 1 unspecified atom stereocenters. The number of benzene rings is 2. The second-order valence-corrected chi connectivity index (χ2v) is 8.17. The third kappa shape index (κ3) is 4.43. The van der Waals surface area contributed by atoms with Crippen molar-refractivity contribution in [2.75, 3.05) is 11.9 Å². The summed E-state index contributed by atoms with van der Waals surface area (Å²) < 4.78 is 12.1. The normalized spacial score (nSPS) is 15.1. The van der Waals surface area contributed by atoms with E-state index in [1.54, 1.807) is 42.5 Å². The molecule has 0 aliphatic carbocycles. The summed E-state index contributed by atoms with van der Waals surface area (Å²) in [5.74, 6) is 1.10. The second kappa shape index (κ2) is 8.84. The van der Waals surface area contributed by atoms with Crippen molar-refractivity contribution in [1.82, 2.24) is 10.4 Å². The molecular weight excluding hydrogens is 509 g/mol. The van der Waals surface area contributed by atoms with Crippen LogP contribution in [0.2, 0.25) is 0 Å². The van der Waals surface area contributed by atoms with Gasteiger partial charge in [0.2, 0.25) is 0 Å². The number of rotatable bonds is 6. The van der Waals surface area contributed by atoms with Crippen LogP contribution in [0.15, 0.2) is 71.7 Å². The predicted octanol–water partition coefficient (Wildman–Crippen LogP) is 4.67. The molecule has 0 saturated heterocycles. The number of hydrogen-bond acceptors (Lipinski definition) is 5. The fourth-order valence-electron chi connectivity index (χ4n) is 3.22. The van der Waals surface area contributed by atoms with E-state index in [2.05, 4.69) is 39.9 Å². The number of anilines is 1. The minimum Gasteiger partial charge on any atom is -0.490 e. The van der Waals surface area contributed by atoms with Crippen molar-refractivity contribution in [3.05, 3.63) is 93.5 Å². The Balaban J connectivity index is 1.62. The molecule has 158 valence electrons. The van der Waals surface area contributed by atoms with E-state index >= 15 is 0 Å². The maximum atomic E-state index is 13.3. The van der Waals surface area contributed by atoms with Gasteiger partial charge < -0.3 is 14.5 Å². The van der Waals surface area contributed by atoms with Gasteiger partial charge in [-0.2, -0.15) is 0 Å². The highest BCUT2D eigenvalue weighted by Crippen LogP contribution is 2.33. The van der Waals surface area contributed by atoms with Crippen LogP contribution < -0.4 is 15.5 Å². The lowest BCUT2D eigenvalue weighted by Gasteiger charge is -2.36. The summed E-state index contributed by atoms with van der Waals surface area (Å²) in [7, 11) is 0. The monoisotopic (exact) mass is 529 g/mol. The van der Waals surface area contributed by atoms with Gasteiger partial charge in [-0.1, -0.05) is 12.7 Å². The molecule has 2 aromatic carbocycles. The van der Waals surface area contributed by atoms with E-state index in [4.69, 9.17) is 9.15 Å². The molecule has 1 aromatic heterocycles. The third-order valence-corrected chi connectivity index (χ3v) is 5.39. The first-order valence-electron chi connectivity index (χ1n) is 9.57. The molecule has 1 atom stereocenters. The molecule has 4 rings (SSSR count). The first kappa shape index (κ1) is 21.0. The van der Waals surface area contributed by atoms with Crippen molar-refractivity contribution >= 4 is 40.1 Å². The lowest BCUT2D eigenvalue weighted by atomic mass is 10.1. The molecule has 0 radical (unpaired) electrons. The van der Waals surface area contributed by atoms with Gasteiger partial charge in [-0.25, -0.2) is 5.01 Å². The average molecular weight is 529 g/mol. The lowest BCUT2D eigenvalue weighted by molar-refractivity contribution is 0.0466. The number of fused-ring (bicyclic) bond motifs is 1. The van der Waals surface area contributed by atoms with Crippen molar-refractivity contribution in [2.24, 2.45) is 0 Å². The molecule has 7 nitrogen and oxygen atoms in total. The topological polar surface area (TPSA) is 83.8 Å². The number of ether oxygens (including phenoxy) is 1. The van der Waals surface area contributed by atoms with E-state index < -0.39 is 12.1 Å². The molecule has 0 spiro atoms. The van der Waals surface area contributed by atoms with Crippen LogP contribution in [-0.2, 0) is 0 Å². The molecular formula is C23H20IN3O4. The van der Waals surface area contributed by atoms with Gasteiger partial charge in [-0.3, -0.25) is 15.0 Å². The van der Waals surface area contributed by atoms with Crippen LogP contribution in [0.5, 0.6) is 5.75 Å². The molecule has 0 bridgehead atoms. The molecule has 0 fully saturated rings. The number of furan rings is 1. The zero-order valence-electron chi connectivity index (χ0n) is 16.7. The van der Waals surface area contributed by atoms with Crippen LogP contribution in [0, 0.1) is 10.5 Å². The van der Waals surface area contributed by atoms with E-state index in [1.807, 2.05) is 25.1 Å². The summed E-state index contributed by atoms with van der Waals surface area (Å²) in [6.07, 6.45) is 0.957. The Labute approximate surface area is 193 Å². The smallest absolute Gasteiger partial charge is 0.276 e. The van der Waals surface area contributed by atoms with Crippen LogP contribution in [0.25, 0.3) is 0 Å². The minimum atomic E-state index is -0.687. The number of nitrogens with one attached hydrogen (secondary N) is 2. The van der Waals surface area contributed by atoms with Gasteiger partial charge in [0.15, 0.2) is 6.17 Å². The molecule has 0 saturated carbocycles. The van der Waals surface area contributed by atoms with Gasteiger partial charge in [0.05, 0.1) is 5.56 Å². The largest absolute Gasteiger partial charge is 0.490 e. The van der Waals surface area contributed by atoms with Crippen molar-refractivity contribution in [2.45, 2.75) is 13.1 Å². The summed E-state index contributed by atoms with van der Waals surface area (Å²) in [6, 6.07) is 15.8. The van der Waals surface area contributed by atoms with Crippen LogP contribution >= 0.6 is 22.6 Å². The van der Waals surface area contributed by atoms with Gasteiger partial charge in [0, 0.05) is 14.8 Å². The number of hydrazine groups is 1. The fourth-order valence-corrected chi connectivity index (χ4v) is 3.72. The number of halogens is 1. The van der Waals surface area contributed by atoms with Gasteiger partial charge in [0.1, 0.15) is 23.9 Å². The molecule has 1 aliphatic rings. The van der Waals surface area contributed by atoms with Crippen molar-refractivity contribution in [3.63, 3.8) is 0 Å². The maximum Gasteiger partial charge on any atom is 0.276 e. The Morgan fingerprint density at radius 3 is 2.71 bits per heavy atom. The fraction of sp³-hybridized carbons (Fsp3) is 0.130. The zero-order valence-corrected chi connectivity index (χ0v) is 18.9. The standard InChI is InChI=1S/C23H20IN3O4/c1-3-12-30-17-8-5-15(6-9-17)22(28)26-27-21(20-11-4-14(2)31-20)25-19-10-7-16(24)13-18(19)23(27)29/h3-11,13,21,25H,1,12H2,2H3,(H,26,28). The summed E-state index contributed by atoms with van der Waals surface area (Å²) in [5, 5.41) is 4.55. The number of hydrogen-bond donors (Lipinski definition) is 2. The second-order valence-electron chi connectivity index (χ2n) is 6.93. The molecule has 2 amide bonds. The predicted molar refractivity (Wildman–Crippen MR) is 125 cm³/mol. The van der Waals surface area contributed by atoms with E-state index in [0.29, 0.717) is 40.7 Å². The third-order valence-electron chi connectivity index (χ3n) is 4.72. The first-order valence-corrected chi connectivity index (χ1v) is 10.6. The molecule has 8 heteroatoms. The van der Waals surface area contributed by atoms with E-state index in [0.717, 1.165) is 3.57 Å². The van der Waals surface area contributed by atoms with Crippen molar-refractivity contribution < 1.29 is 18.7 Å². The number of aryl methyl sites for hydroxylation is 1. The van der Waals surface area contributed by atoms with Crippen LogP contribution in [-0.4, -0.2) is 23.4 Å².